The van der Waals surface area contributed by atoms with Gasteiger partial charge in [-0.1, -0.05) is 48.0 Å². The average Bonchev–Trinajstić information content (AvgIpc) is 2.62. The molecule has 2 nitrogen and oxygen atoms in total. The van der Waals surface area contributed by atoms with Crippen LogP contribution in [0.3, 0.4) is 0 Å². The first-order valence-corrected chi connectivity index (χ1v) is 7.86. The summed E-state index contributed by atoms with van der Waals surface area (Å²) in [6.07, 6.45) is 1.71. The number of fused-ring (bicyclic) bond motifs is 2. The number of thioether (sulfide) groups is 1. The molecule has 0 saturated heterocycles. The van der Waals surface area contributed by atoms with Gasteiger partial charge in [-0.3, -0.25) is 0 Å². The van der Waals surface area contributed by atoms with Crippen LogP contribution in [0.25, 0.3) is 5.57 Å². The standard InChI is InChI=1S/C18H16O2S/c1-12-6-8-17-16(10-12)15(7-9-18(19)20)14-5-3-2-4-13(14)11-21-17/h2-8,10H,9,11H2,1H3,(H,19,20)/p-1/b15-7-. The summed E-state index contributed by atoms with van der Waals surface area (Å²) in [7, 11) is 0. The van der Waals surface area contributed by atoms with Crippen LogP contribution in [0.4, 0.5) is 0 Å². The van der Waals surface area contributed by atoms with E-state index in [0.29, 0.717) is 0 Å². The fraction of sp³-hybridized carbons (Fsp3) is 0.167. The van der Waals surface area contributed by atoms with Crippen LogP contribution in [0.5, 0.6) is 0 Å². The third kappa shape index (κ3) is 2.88. The first-order valence-electron chi connectivity index (χ1n) is 6.87. The van der Waals surface area contributed by atoms with E-state index in [9.17, 15) is 9.90 Å². The third-order valence-corrected chi connectivity index (χ3v) is 4.71. The second-order valence-electron chi connectivity index (χ2n) is 5.14. The van der Waals surface area contributed by atoms with Gasteiger partial charge in [0.15, 0.2) is 0 Å². The Balaban J connectivity index is 2.21. The van der Waals surface area contributed by atoms with Gasteiger partial charge in [0.25, 0.3) is 0 Å². The summed E-state index contributed by atoms with van der Waals surface area (Å²) in [5.41, 5.74) is 5.65. The van der Waals surface area contributed by atoms with Gasteiger partial charge in [0, 0.05) is 23.0 Å². The summed E-state index contributed by atoms with van der Waals surface area (Å²) in [4.78, 5) is 12.1. The molecule has 3 heteroatoms. The maximum Gasteiger partial charge on any atom is 0.0452 e. The van der Waals surface area contributed by atoms with Crippen LogP contribution in [0.2, 0.25) is 0 Å². The smallest absolute Gasteiger partial charge is 0.0452 e. The molecular weight excluding hydrogens is 280 g/mol. The summed E-state index contributed by atoms with van der Waals surface area (Å²) in [5, 5.41) is 10.9. The molecule has 0 spiro atoms. The van der Waals surface area contributed by atoms with Gasteiger partial charge in [-0.05, 0) is 35.3 Å². The van der Waals surface area contributed by atoms with Gasteiger partial charge in [0.1, 0.15) is 0 Å². The fourth-order valence-corrected chi connectivity index (χ4v) is 3.65. The van der Waals surface area contributed by atoms with E-state index in [2.05, 4.69) is 37.3 Å². The van der Waals surface area contributed by atoms with Crippen LogP contribution >= 0.6 is 11.8 Å². The van der Waals surface area contributed by atoms with E-state index in [-0.39, 0.29) is 6.42 Å². The summed E-state index contributed by atoms with van der Waals surface area (Å²) >= 11 is 1.80. The summed E-state index contributed by atoms with van der Waals surface area (Å²) in [5.74, 6) is -0.152. The van der Waals surface area contributed by atoms with E-state index in [1.54, 1.807) is 17.8 Å². The van der Waals surface area contributed by atoms with Crippen LogP contribution in [0.15, 0.2) is 53.4 Å². The molecule has 3 rings (SSSR count). The highest BCUT2D eigenvalue weighted by molar-refractivity contribution is 7.98. The third-order valence-electron chi connectivity index (χ3n) is 3.59. The van der Waals surface area contributed by atoms with Crippen molar-refractivity contribution in [3.8, 4) is 0 Å². The van der Waals surface area contributed by atoms with Crippen LogP contribution < -0.4 is 5.11 Å². The van der Waals surface area contributed by atoms with Crippen molar-refractivity contribution in [2.24, 2.45) is 0 Å². The van der Waals surface area contributed by atoms with E-state index >= 15 is 0 Å². The number of carboxylic acids is 1. The van der Waals surface area contributed by atoms with Gasteiger partial charge in [-0.2, -0.15) is 0 Å². The molecule has 0 unspecified atom stereocenters. The molecule has 0 atom stereocenters. The Morgan fingerprint density at radius 1 is 1.24 bits per heavy atom. The zero-order chi connectivity index (χ0) is 14.8. The highest BCUT2D eigenvalue weighted by atomic mass is 32.2. The molecule has 0 aromatic heterocycles. The van der Waals surface area contributed by atoms with E-state index in [1.165, 1.54) is 16.0 Å². The largest absolute Gasteiger partial charge is 0.550 e. The predicted octanol–water partition coefficient (Wildman–Crippen LogP) is 3.17. The van der Waals surface area contributed by atoms with Crippen LogP contribution in [-0.2, 0) is 10.5 Å². The Morgan fingerprint density at radius 2 is 2.05 bits per heavy atom. The second-order valence-corrected chi connectivity index (χ2v) is 6.16. The van der Waals surface area contributed by atoms with E-state index in [4.69, 9.17) is 0 Å². The first-order chi connectivity index (χ1) is 10.1. The lowest BCUT2D eigenvalue weighted by atomic mass is 9.93. The molecule has 0 N–H and O–H groups in total. The van der Waals surface area contributed by atoms with Gasteiger partial charge in [0.05, 0.1) is 0 Å². The minimum atomic E-state index is -1.05. The Bertz CT molecular complexity index is 732. The lowest BCUT2D eigenvalue weighted by Gasteiger charge is -2.12. The second kappa shape index (κ2) is 5.78. The highest BCUT2D eigenvalue weighted by Gasteiger charge is 2.18. The molecule has 0 radical (unpaired) electrons. The quantitative estimate of drug-likeness (QED) is 0.854. The van der Waals surface area contributed by atoms with E-state index in [1.807, 2.05) is 12.1 Å². The molecule has 2 aromatic rings. The molecular formula is C18H15O2S-. The van der Waals surface area contributed by atoms with Crippen molar-refractivity contribution in [2.75, 3.05) is 0 Å². The van der Waals surface area contributed by atoms with Gasteiger partial charge in [0.2, 0.25) is 0 Å². The van der Waals surface area contributed by atoms with Crippen molar-refractivity contribution < 1.29 is 9.90 Å². The van der Waals surface area contributed by atoms with Crippen molar-refractivity contribution >= 4 is 23.3 Å². The van der Waals surface area contributed by atoms with Crippen molar-refractivity contribution in [2.45, 2.75) is 24.0 Å². The molecule has 1 aliphatic rings. The number of benzene rings is 2. The topological polar surface area (TPSA) is 40.1 Å². The molecule has 0 saturated carbocycles. The maximum absolute atomic E-state index is 10.9. The molecule has 1 aliphatic heterocycles. The summed E-state index contributed by atoms with van der Waals surface area (Å²) in [6, 6.07) is 14.5. The number of aryl methyl sites for hydroxylation is 1. The zero-order valence-corrected chi connectivity index (χ0v) is 12.6. The number of hydrogen-bond donors (Lipinski definition) is 0. The minimum Gasteiger partial charge on any atom is -0.550 e. The Labute approximate surface area is 128 Å². The van der Waals surface area contributed by atoms with Gasteiger partial charge >= 0.3 is 0 Å². The molecule has 106 valence electrons. The molecule has 21 heavy (non-hydrogen) atoms. The molecule has 2 aromatic carbocycles. The number of carbonyl (C=O) groups is 1. The Morgan fingerprint density at radius 3 is 2.86 bits per heavy atom. The number of rotatable bonds is 2. The normalized spacial score (nSPS) is 15.2. The van der Waals surface area contributed by atoms with Crippen molar-refractivity contribution in [1.82, 2.24) is 0 Å². The summed E-state index contributed by atoms with van der Waals surface area (Å²) in [6.45, 7) is 2.05. The van der Waals surface area contributed by atoms with Crippen LogP contribution in [0.1, 0.15) is 28.7 Å². The van der Waals surface area contributed by atoms with E-state index < -0.39 is 5.97 Å². The zero-order valence-electron chi connectivity index (χ0n) is 11.8. The SMILES string of the molecule is Cc1ccc2c(c1)/C(=C\CC(=O)[O-])c1ccccc1CS2. The Hall–Kier alpha value is -2.00. The maximum atomic E-state index is 10.9. The van der Waals surface area contributed by atoms with Gasteiger partial charge < -0.3 is 9.90 Å². The number of aliphatic carboxylic acids is 1. The summed E-state index contributed by atoms with van der Waals surface area (Å²) < 4.78 is 0. The lowest BCUT2D eigenvalue weighted by molar-refractivity contribution is -0.304. The van der Waals surface area contributed by atoms with Crippen molar-refractivity contribution in [1.29, 1.82) is 0 Å². The molecule has 0 amide bonds. The molecule has 0 bridgehead atoms. The lowest BCUT2D eigenvalue weighted by Crippen LogP contribution is -2.20. The predicted molar refractivity (Wildman–Crippen MR) is 83.9 cm³/mol. The molecule has 0 aliphatic carbocycles. The molecule has 1 heterocycles. The van der Waals surface area contributed by atoms with Crippen LogP contribution in [0, 0.1) is 6.92 Å². The average molecular weight is 295 g/mol. The number of hydrogen-bond acceptors (Lipinski definition) is 3. The van der Waals surface area contributed by atoms with Crippen molar-refractivity contribution in [3.05, 3.63) is 70.8 Å². The minimum absolute atomic E-state index is 0.0677. The molecule has 0 fully saturated rings. The van der Waals surface area contributed by atoms with E-state index in [0.717, 1.165) is 22.5 Å². The number of carboxylic acid groups (broad SMARTS) is 1. The van der Waals surface area contributed by atoms with Gasteiger partial charge in [-0.15, -0.1) is 11.8 Å². The highest BCUT2D eigenvalue weighted by Crippen LogP contribution is 2.40. The number of carbonyl (C=O) groups excluding carboxylic acids is 1. The van der Waals surface area contributed by atoms with Crippen LogP contribution in [-0.4, -0.2) is 5.97 Å². The fourth-order valence-electron chi connectivity index (χ4n) is 2.59. The van der Waals surface area contributed by atoms with Gasteiger partial charge in [-0.25, -0.2) is 0 Å². The first kappa shape index (κ1) is 14.0. The monoisotopic (exact) mass is 295 g/mol. The van der Waals surface area contributed by atoms with Crippen molar-refractivity contribution in [3.63, 3.8) is 0 Å². The Kier molecular flexibility index (Phi) is 3.84.